The third-order valence-corrected chi connectivity index (χ3v) is 6.23. The highest BCUT2D eigenvalue weighted by Crippen LogP contribution is 2.27. The lowest BCUT2D eigenvalue weighted by molar-refractivity contribution is -0.904. The van der Waals surface area contributed by atoms with E-state index in [1.54, 1.807) is 47.6 Å². The van der Waals surface area contributed by atoms with E-state index in [9.17, 15) is 10.0 Å². The monoisotopic (exact) mass is 492 g/mol. The van der Waals surface area contributed by atoms with Crippen LogP contribution in [0.15, 0.2) is 115 Å². The third kappa shape index (κ3) is 3.81. The van der Waals surface area contributed by atoms with Gasteiger partial charge < -0.3 is 0 Å². The SMILES string of the molecule is O=c1c2ncn(-c3ccccc3)c2nc(-c2ccc(-c3cc[n+](O)cc3)cc2)n1-c1ccc(Cl)cc1. The van der Waals surface area contributed by atoms with Crippen molar-refractivity contribution < 1.29 is 9.94 Å². The fourth-order valence-corrected chi connectivity index (χ4v) is 4.30. The molecule has 3 heterocycles. The average Bonchev–Trinajstić information content (AvgIpc) is 3.35. The summed E-state index contributed by atoms with van der Waals surface area (Å²) < 4.78 is 4.37. The van der Waals surface area contributed by atoms with Crippen molar-refractivity contribution in [3.8, 4) is 33.9 Å². The lowest BCUT2D eigenvalue weighted by Gasteiger charge is -2.14. The fraction of sp³-hybridized carbons (Fsp3) is 0. The molecule has 3 aromatic heterocycles. The van der Waals surface area contributed by atoms with E-state index in [2.05, 4.69) is 4.98 Å². The minimum Gasteiger partial charge on any atom is -0.285 e. The van der Waals surface area contributed by atoms with Crippen molar-refractivity contribution in [2.45, 2.75) is 0 Å². The smallest absolute Gasteiger partial charge is 0.285 e. The van der Waals surface area contributed by atoms with E-state index < -0.39 is 0 Å². The Hall–Kier alpha value is -4.75. The molecule has 0 aliphatic rings. The predicted octanol–water partition coefficient (Wildman–Crippen LogP) is 5.08. The van der Waals surface area contributed by atoms with Crippen molar-refractivity contribution in [1.29, 1.82) is 0 Å². The summed E-state index contributed by atoms with van der Waals surface area (Å²) in [6.45, 7) is 0. The van der Waals surface area contributed by atoms with E-state index in [-0.39, 0.29) is 11.1 Å². The maximum absolute atomic E-state index is 13.8. The highest BCUT2D eigenvalue weighted by atomic mass is 35.5. The number of rotatable bonds is 4. The predicted molar refractivity (Wildman–Crippen MR) is 138 cm³/mol. The van der Waals surface area contributed by atoms with Crippen LogP contribution in [-0.2, 0) is 0 Å². The van der Waals surface area contributed by atoms with Crippen LogP contribution in [0.5, 0.6) is 0 Å². The van der Waals surface area contributed by atoms with Gasteiger partial charge in [0.05, 0.1) is 5.69 Å². The Labute approximate surface area is 210 Å². The molecule has 0 saturated heterocycles. The standard InChI is InChI=1S/C28H19ClN5O2/c29-22-10-12-24(13-11-22)34-26(21-8-6-19(7-9-21)20-14-16-32(36)17-15-20)31-27-25(28(34)35)30-18-33(27)23-4-2-1-3-5-23/h1-18,36H/q+1. The molecule has 0 atom stereocenters. The number of hydrogen-bond acceptors (Lipinski definition) is 4. The van der Waals surface area contributed by atoms with Gasteiger partial charge in [-0.15, -0.1) is 0 Å². The Morgan fingerprint density at radius 2 is 1.39 bits per heavy atom. The maximum atomic E-state index is 13.8. The van der Waals surface area contributed by atoms with E-state index in [1.807, 2.05) is 71.3 Å². The average molecular weight is 493 g/mol. The first kappa shape index (κ1) is 21.8. The Kier molecular flexibility index (Phi) is 5.32. The summed E-state index contributed by atoms with van der Waals surface area (Å²) in [4.78, 5) is 23.1. The minimum atomic E-state index is -0.272. The molecule has 8 heteroatoms. The topological polar surface area (TPSA) is 76.8 Å². The highest BCUT2D eigenvalue weighted by Gasteiger charge is 2.19. The molecule has 0 radical (unpaired) electrons. The van der Waals surface area contributed by atoms with Crippen molar-refractivity contribution in [2.24, 2.45) is 0 Å². The number of para-hydroxylation sites is 1. The first-order chi connectivity index (χ1) is 17.6. The summed E-state index contributed by atoms with van der Waals surface area (Å²) in [7, 11) is 0. The van der Waals surface area contributed by atoms with E-state index in [0.717, 1.165) is 27.1 Å². The largest absolute Gasteiger partial charge is 0.286 e. The first-order valence-electron chi connectivity index (χ1n) is 11.2. The summed E-state index contributed by atoms with van der Waals surface area (Å²) in [5, 5.41) is 10.1. The van der Waals surface area contributed by atoms with Crippen LogP contribution in [0.2, 0.25) is 5.02 Å². The molecular formula is C28H19ClN5O2+. The molecule has 0 amide bonds. The summed E-state index contributed by atoms with van der Waals surface area (Å²) in [6.07, 6.45) is 4.76. The zero-order valence-corrected chi connectivity index (χ0v) is 19.6. The van der Waals surface area contributed by atoms with Gasteiger partial charge in [0.25, 0.3) is 5.56 Å². The van der Waals surface area contributed by atoms with Crippen LogP contribution in [-0.4, -0.2) is 24.3 Å². The quantitative estimate of drug-likeness (QED) is 0.275. The fourth-order valence-electron chi connectivity index (χ4n) is 4.18. The Balaban J connectivity index is 1.57. The van der Waals surface area contributed by atoms with E-state index >= 15 is 0 Å². The number of halogens is 1. The van der Waals surface area contributed by atoms with Crippen molar-refractivity contribution in [3.63, 3.8) is 0 Å². The normalized spacial score (nSPS) is 11.1. The van der Waals surface area contributed by atoms with Crippen LogP contribution < -0.4 is 10.3 Å². The van der Waals surface area contributed by atoms with Gasteiger partial charge in [-0.2, -0.15) is 0 Å². The number of aromatic nitrogens is 5. The Morgan fingerprint density at radius 1 is 0.750 bits per heavy atom. The molecule has 0 spiro atoms. The van der Waals surface area contributed by atoms with Crippen LogP contribution in [0.3, 0.4) is 0 Å². The minimum absolute atomic E-state index is 0.272. The highest BCUT2D eigenvalue weighted by molar-refractivity contribution is 6.30. The molecule has 0 bridgehead atoms. The van der Waals surface area contributed by atoms with Crippen molar-refractivity contribution in [3.05, 3.63) is 125 Å². The second-order valence-corrected chi connectivity index (χ2v) is 8.66. The first-order valence-corrected chi connectivity index (χ1v) is 11.6. The van der Waals surface area contributed by atoms with Crippen LogP contribution >= 0.6 is 11.6 Å². The molecule has 3 aromatic carbocycles. The number of hydrogen-bond donors (Lipinski definition) is 1. The molecule has 7 nitrogen and oxygen atoms in total. The van der Waals surface area contributed by atoms with Crippen molar-refractivity contribution in [1.82, 2.24) is 19.1 Å². The van der Waals surface area contributed by atoms with Gasteiger partial charge in [-0.1, -0.05) is 54.1 Å². The molecule has 36 heavy (non-hydrogen) atoms. The summed E-state index contributed by atoms with van der Waals surface area (Å²) >= 11 is 6.11. The zero-order valence-electron chi connectivity index (χ0n) is 18.9. The lowest BCUT2D eigenvalue weighted by Crippen LogP contribution is -2.27. The van der Waals surface area contributed by atoms with Crippen LogP contribution in [0.1, 0.15) is 0 Å². The summed E-state index contributed by atoms with van der Waals surface area (Å²) in [5.74, 6) is 0.486. The van der Waals surface area contributed by atoms with Crippen LogP contribution in [0.4, 0.5) is 0 Å². The van der Waals surface area contributed by atoms with Gasteiger partial charge in [0.2, 0.25) is 12.4 Å². The maximum Gasteiger partial charge on any atom is 0.286 e. The zero-order chi connectivity index (χ0) is 24.6. The molecule has 0 aliphatic carbocycles. The van der Waals surface area contributed by atoms with Gasteiger partial charge >= 0.3 is 0 Å². The second-order valence-electron chi connectivity index (χ2n) is 8.22. The molecule has 0 unspecified atom stereocenters. The van der Waals surface area contributed by atoms with Gasteiger partial charge in [0, 0.05) is 33.1 Å². The number of benzene rings is 3. The molecule has 6 aromatic rings. The molecule has 174 valence electrons. The molecule has 1 N–H and O–H groups in total. The number of nitrogens with zero attached hydrogens (tertiary/aromatic N) is 5. The number of pyridine rings is 1. The number of imidazole rings is 1. The van der Waals surface area contributed by atoms with Crippen LogP contribution in [0, 0.1) is 0 Å². The van der Waals surface area contributed by atoms with Gasteiger partial charge in [0.1, 0.15) is 12.2 Å². The van der Waals surface area contributed by atoms with E-state index in [1.165, 1.54) is 0 Å². The summed E-state index contributed by atoms with van der Waals surface area (Å²) in [5.41, 5.74) is 4.67. The van der Waals surface area contributed by atoms with Crippen molar-refractivity contribution >= 4 is 22.8 Å². The lowest BCUT2D eigenvalue weighted by atomic mass is 10.0. The van der Waals surface area contributed by atoms with E-state index in [0.29, 0.717) is 22.2 Å². The molecule has 0 fully saturated rings. The van der Waals surface area contributed by atoms with Crippen LogP contribution in [0.25, 0.3) is 45.1 Å². The van der Waals surface area contributed by atoms with Gasteiger partial charge in [0.15, 0.2) is 11.2 Å². The Morgan fingerprint density at radius 3 is 2.08 bits per heavy atom. The van der Waals surface area contributed by atoms with Gasteiger partial charge in [-0.05, 0) is 47.5 Å². The van der Waals surface area contributed by atoms with Gasteiger partial charge in [-0.3, -0.25) is 19.1 Å². The molecule has 0 saturated carbocycles. The second kappa shape index (κ2) is 8.79. The molecular weight excluding hydrogens is 474 g/mol. The van der Waals surface area contributed by atoms with E-state index in [4.69, 9.17) is 16.6 Å². The number of fused-ring (bicyclic) bond motifs is 1. The molecule has 6 rings (SSSR count). The summed E-state index contributed by atoms with van der Waals surface area (Å²) in [6, 6.07) is 28.2. The Bertz CT molecular complexity index is 1740. The van der Waals surface area contributed by atoms with Crippen molar-refractivity contribution in [2.75, 3.05) is 0 Å². The third-order valence-electron chi connectivity index (χ3n) is 5.98. The molecule has 0 aliphatic heterocycles. The van der Waals surface area contributed by atoms with Gasteiger partial charge in [-0.25, -0.2) is 9.97 Å².